The molecule has 4 rings (SSSR count). The summed E-state index contributed by atoms with van der Waals surface area (Å²) in [6.07, 6.45) is 7.71. The second-order valence-electron chi connectivity index (χ2n) is 8.85. The fourth-order valence-electron chi connectivity index (χ4n) is 4.73. The highest BCUT2D eigenvalue weighted by Crippen LogP contribution is 2.23. The lowest BCUT2D eigenvalue weighted by atomic mass is 9.97. The number of likely N-dealkylation sites (tertiary alicyclic amines) is 1. The predicted molar refractivity (Wildman–Crippen MR) is 129 cm³/mol. The number of anilines is 1. The van der Waals surface area contributed by atoms with Gasteiger partial charge >= 0.3 is 0 Å². The number of piperidine rings is 1. The average Bonchev–Trinajstić information content (AvgIpc) is 2.84. The molecular weight excluding hydrogens is 400 g/mol. The lowest BCUT2D eigenvalue weighted by Crippen LogP contribution is -2.50. The van der Waals surface area contributed by atoms with Crippen LogP contribution in [0.15, 0.2) is 48.7 Å². The second kappa shape index (κ2) is 10.6. The van der Waals surface area contributed by atoms with E-state index in [4.69, 9.17) is 4.74 Å². The molecule has 6 heteroatoms. The van der Waals surface area contributed by atoms with Gasteiger partial charge in [-0.25, -0.2) is 4.98 Å². The number of aryl methyl sites for hydroxylation is 1. The minimum absolute atomic E-state index is 0.0956. The topological polar surface area (TPSA) is 48.9 Å². The van der Waals surface area contributed by atoms with Crippen molar-refractivity contribution in [3.05, 3.63) is 59.8 Å². The Bertz CT molecular complexity index is 923. The Morgan fingerprint density at radius 1 is 1.16 bits per heavy atom. The van der Waals surface area contributed by atoms with Gasteiger partial charge < -0.3 is 14.5 Å². The maximum Gasteiger partial charge on any atom is 0.246 e. The van der Waals surface area contributed by atoms with E-state index >= 15 is 0 Å². The molecule has 1 unspecified atom stereocenters. The monoisotopic (exact) mass is 434 g/mol. The Balaban J connectivity index is 1.28. The number of hydrogen-bond donors (Lipinski definition) is 0. The van der Waals surface area contributed by atoms with E-state index in [9.17, 15) is 4.79 Å². The minimum atomic E-state index is 0.0956. The third-order valence-corrected chi connectivity index (χ3v) is 6.48. The summed E-state index contributed by atoms with van der Waals surface area (Å²) in [4.78, 5) is 24.3. The largest absolute Gasteiger partial charge is 0.496 e. The molecular formula is C26H34N4O2. The summed E-state index contributed by atoms with van der Waals surface area (Å²) in [6, 6.07) is 12.1. The molecule has 1 atom stereocenters. The van der Waals surface area contributed by atoms with Crippen molar-refractivity contribution in [2.75, 3.05) is 57.8 Å². The van der Waals surface area contributed by atoms with Gasteiger partial charge in [0.1, 0.15) is 11.6 Å². The van der Waals surface area contributed by atoms with Gasteiger partial charge in [-0.05, 0) is 56.0 Å². The molecule has 0 saturated carbocycles. The molecule has 0 bridgehead atoms. The van der Waals surface area contributed by atoms with Crippen molar-refractivity contribution in [3.8, 4) is 5.75 Å². The van der Waals surface area contributed by atoms with Crippen LogP contribution in [0.3, 0.4) is 0 Å². The van der Waals surface area contributed by atoms with Gasteiger partial charge in [-0.2, -0.15) is 0 Å². The number of pyridine rings is 1. The van der Waals surface area contributed by atoms with E-state index in [-0.39, 0.29) is 5.91 Å². The highest BCUT2D eigenvalue weighted by atomic mass is 16.5. The van der Waals surface area contributed by atoms with Gasteiger partial charge in [0.2, 0.25) is 5.91 Å². The van der Waals surface area contributed by atoms with Crippen molar-refractivity contribution in [3.63, 3.8) is 0 Å². The van der Waals surface area contributed by atoms with Crippen LogP contribution in [0, 0.1) is 12.8 Å². The number of hydrogen-bond acceptors (Lipinski definition) is 5. The van der Waals surface area contributed by atoms with Crippen LogP contribution >= 0.6 is 0 Å². The van der Waals surface area contributed by atoms with Crippen molar-refractivity contribution in [1.82, 2.24) is 14.8 Å². The first-order chi connectivity index (χ1) is 15.6. The first kappa shape index (κ1) is 22.3. The quantitative estimate of drug-likeness (QED) is 0.652. The molecule has 0 aliphatic carbocycles. The minimum Gasteiger partial charge on any atom is -0.496 e. The van der Waals surface area contributed by atoms with E-state index in [1.165, 1.54) is 6.42 Å². The van der Waals surface area contributed by atoms with Crippen molar-refractivity contribution in [2.24, 2.45) is 5.92 Å². The number of benzene rings is 1. The molecule has 2 saturated heterocycles. The standard InChI is InChI=1S/C26H34N4O2/c1-21-8-10-24(32-2)23(18-21)9-11-26(31)30-13-5-6-22(20-30)19-28-14-16-29(17-15-28)25-7-3-4-12-27-25/h3-4,7-12,18,22H,5-6,13-17,19-20H2,1-2H3/b11-9+. The molecule has 1 aromatic heterocycles. The molecule has 2 aliphatic rings. The van der Waals surface area contributed by atoms with Gasteiger partial charge in [-0.15, -0.1) is 0 Å². The first-order valence-electron chi connectivity index (χ1n) is 11.6. The summed E-state index contributed by atoms with van der Waals surface area (Å²) in [7, 11) is 1.66. The van der Waals surface area contributed by atoms with Crippen LogP contribution in [0.25, 0.3) is 6.08 Å². The zero-order valence-electron chi connectivity index (χ0n) is 19.2. The number of amides is 1. The number of carbonyl (C=O) groups is 1. The van der Waals surface area contributed by atoms with Gasteiger partial charge in [0, 0.05) is 63.6 Å². The van der Waals surface area contributed by atoms with Gasteiger partial charge in [0.15, 0.2) is 0 Å². The highest BCUT2D eigenvalue weighted by molar-refractivity contribution is 5.92. The van der Waals surface area contributed by atoms with Crippen LogP contribution in [0.1, 0.15) is 24.0 Å². The molecule has 6 nitrogen and oxygen atoms in total. The molecule has 3 heterocycles. The smallest absolute Gasteiger partial charge is 0.246 e. The summed E-state index contributed by atoms with van der Waals surface area (Å²) in [6.45, 7) is 8.91. The summed E-state index contributed by atoms with van der Waals surface area (Å²) < 4.78 is 5.43. The van der Waals surface area contributed by atoms with E-state index < -0.39 is 0 Å². The third-order valence-electron chi connectivity index (χ3n) is 6.48. The Hall–Kier alpha value is -2.86. The average molecular weight is 435 g/mol. The molecule has 0 N–H and O–H groups in total. The number of aromatic nitrogens is 1. The molecule has 1 aromatic carbocycles. The molecule has 0 spiro atoms. The fourth-order valence-corrected chi connectivity index (χ4v) is 4.73. The summed E-state index contributed by atoms with van der Waals surface area (Å²) in [5, 5.41) is 0. The van der Waals surface area contributed by atoms with Gasteiger partial charge in [-0.3, -0.25) is 9.69 Å². The number of piperazine rings is 1. The van der Waals surface area contributed by atoms with Crippen LogP contribution in [0.4, 0.5) is 5.82 Å². The summed E-state index contributed by atoms with van der Waals surface area (Å²) in [5.41, 5.74) is 2.10. The lowest BCUT2D eigenvalue weighted by molar-refractivity contribution is -0.127. The molecule has 2 aliphatic heterocycles. The van der Waals surface area contributed by atoms with Crippen molar-refractivity contribution in [2.45, 2.75) is 19.8 Å². The van der Waals surface area contributed by atoms with E-state index in [0.717, 1.165) is 74.9 Å². The van der Waals surface area contributed by atoms with Gasteiger partial charge in [0.25, 0.3) is 0 Å². The van der Waals surface area contributed by atoms with E-state index in [2.05, 4.69) is 20.9 Å². The van der Waals surface area contributed by atoms with Crippen molar-refractivity contribution >= 4 is 17.8 Å². The number of carbonyl (C=O) groups excluding carboxylic acids is 1. The van der Waals surface area contributed by atoms with Crippen molar-refractivity contribution < 1.29 is 9.53 Å². The number of rotatable bonds is 6. The SMILES string of the molecule is COc1ccc(C)cc1/C=C/C(=O)N1CCCC(CN2CCN(c3ccccn3)CC2)C1. The Morgan fingerprint density at radius 2 is 2.00 bits per heavy atom. The maximum atomic E-state index is 12.9. The van der Waals surface area contributed by atoms with Crippen molar-refractivity contribution in [1.29, 1.82) is 0 Å². The van der Waals surface area contributed by atoms with Crippen LogP contribution in [0.2, 0.25) is 0 Å². The van der Waals surface area contributed by atoms with E-state index in [1.807, 2.05) is 54.4 Å². The predicted octanol–water partition coefficient (Wildman–Crippen LogP) is 3.47. The van der Waals surface area contributed by atoms with E-state index in [1.54, 1.807) is 13.2 Å². The number of ether oxygens (including phenoxy) is 1. The number of methoxy groups -OCH3 is 1. The lowest BCUT2D eigenvalue weighted by Gasteiger charge is -2.39. The highest BCUT2D eigenvalue weighted by Gasteiger charge is 2.26. The second-order valence-corrected chi connectivity index (χ2v) is 8.85. The van der Waals surface area contributed by atoms with Gasteiger partial charge in [-0.1, -0.05) is 17.7 Å². The normalized spacial score (nSPS) is 20.0. The van der Waals surface area contributed by atoms with Gasteiger partial charge in [0.05, 0.1) is 7.11 Å². The molecule has 1 amide bonds. The van der Waals surface area contributed by atoms with Crippen LogP contribution < -0.4 is 9.64 Å². The van der Waals surface area contributed by atoms with E-state index in [0.29, 0.717) is 5.92 Å². The molecule has 32 heavy (non-hydrogen) atoms. The van der Waals surface area contributed by atoms with Crippen LogP contribution in [0.5, 0.6) is 5.75 Å². The first-order valence-corrected chi connectivity index (χ1v) is 11.6. The molecule has 0 radical (unpaired) electrons. The Morgan fingerprint density at radius 3 is 2.75 bits per heavy atom. The summed E-state index contributed by atoms with van der Waals surface area (Å²) in [5.74, 6) is 2.49. The van der Waals surface area contributed by atoms with Crippen LogP contribution in [-0.4, -0.2) is 73.6 Å². The van der Waals surface area contributed by atoms with Crippen LogP contribution in [-0.2, 0) is 4.79 Å². The Kier molecular flexibility index (Phi) is 7.43. The maximum absolute atomic E-state index is 12.9. The molecule has 2 fully saturated rings. The third kappa shape index (κ3) is 5.68. The summed E-state index contributed by atoms with van der Waals surface area (Å²) >= 11 is 0. The molecule has 2 aromatic rings. The fraction of sp³-hybridized carbons (Fsp3) is 0.462. The Labute approximate surface area is 191 Å². The zero-order valence-corrected chi connectivity index (χ0v) is 19.2. The zero-order chi connectivity index (χ0) is 22.3. The molecule has 170 valence electrons. The number of nitrogens with zero attached hydrogens (tertiary/aromatic N) is 4.